The lowest BCUT2D eigenvalue weighted by Gasteiger charge is -2.09. The number of ether oxygens (including phenoxy) is 1. The molecule has 0 N–H and O–H groups in total. The molecule has 3 aromatic rings. The number of tetrazole rings is 1. The third-order valence-corrected chi connectivity index (χ3v) is 4.83. The van der Waals surface area contributed by atoms with Crippen molar-refractivity contribution >= 4 is 17.7 Å². The van der Waals surface area contributed by atoms with Gasteiger partial charge in [0.25, 0.3) is 0 Å². The average molecular weight is 398 g/mol. The lowest BCUT2D eigenvalue weighted by atomic mass is 10.1. The molecule has 0 aliphatic rings. The van der Waals surface area contributed by atoms with Crippen LogP contribution < -0.4 is 0 Å². The molecule has 1 aromatic carbocycles. The molecule has 2 aromatic heterocycles. The first-order valence-electron chi connectivity index (χ1n) is 9.02. The molecule has 9 heteroatoms. The molecule has 146 valence electrons. The summed E-state index contributed by atoms with van der Waals surface area (Å²) in [6.07, 6.45) is 0.895. The van der Waals surface area contributed by atoms with E-state index >= 15 is 0 Å². The Bertz CT molecular complexity index is 939. The largest absolute Gasteiger partial charge is 0.454 e. The SMILES string of the molecule is CCCn1nnnc1COC(=O)c1ccccc1CSc1nc(C)cc(C)n1. The van der Waals surface area contributed by atoms with Crippen molar-refractivity contribution in [3.05, 3.63) is 58.7 Å². The van der Waals surface area contributed by atoms with E-state index in [2.05, 4.69) is 25.5 Å². The highest BCUT2D eigenvalue weighted by Crippen LogP contribution is 2.23. The number of rotatable bonds is 8. The van der Waals surface area contributed by atoms with Gasteiger partial charge in [0.15, 0.2) is 17.6 Å². The minimum Gasteiger partial charge on any atom is -0.454 e. The molecule has 28 heavy (non-hydrogen) atoms. The monoisotopic (exact) mass is 398 g/mol. The molecular formula is C19H22N6O2S. The van der Waals surface area contributed by atoms with Crippen LogP contribution in [0.3, 0.4) is 0 Å². The molecule has 0 bridgehead atoms. The molecule has 3 rings (SSSR count). The Hall–Kier alpha value is -2.81. The van der Waals surface area contributed by atoms with Crippen molar-refractivity contribution in [1.29, 1.82) is 0 Å². The van der Waals surface area contributed by atoms with Crippen LogP contribution in [0.25, 0.3) is 0 Å². The lowest BCUT2D eigenvalue weighted by Crippen LogP contribution is -2.12. The van der Waals surface area contributed by atoms with Gasteiger partial charge in [-0.3, -0.25) is 0 Å². The number of hydrogen-bond donors (Lipinski definition) is 0. The molecule has 2 heterocycles. The summed E-state index contributed by atoms with van der Waals surface area (Å²) >= 11 is 1.49. The Morgan fingerprint density at radius 2 is 1.93 bits per heavy atom. The standard InChI is InChI=1S/C19H22N6O2S/c1-4-9-25-17(22-23-24-25)11-27-18(26)16-8-6-5-7-15(16)12-28-19-20-13(2)10-14(3)21-19/h5-8,10H,4,9,11-12H2,1-3H3. The van der Waals surface area contributed by atoms with Gasteiger partial charge in [-0.15, -0.1) is 5.10 Å². The van der Waals surface area contributed by atoms with E-state index in [-0.39, 0.29) is 6.61 Å². The van der Waals surface area contributed by atoms with E-state index in [1.165, 1.54) is 11.8 Å². The highest BCUT2D eigenvalue weighted by molar-refractivity contribution is 7.98. The van der Waals surface area contributed by atoms with Crippen LogP contribution in [0.5, 0.6) is 0 Å². The summed E-state index contributed by atoms with van der Waals surface area (Å²) in [7, 11) is 0. The van der Waals surface area contributed by atoms with E-state index in [4.69, 9.17) is 4.74 Å². The molecule has 0 fully saturated rings. The first kappa shape index (κ1) is 19.9. The maximum atomic E-state index is 12.6. The third-order valence-electron chi connectivity index (χ3n) is 3.93. The predicted molar refractivity (Wildman–Crippen MR) is 105 cm³/mol. The van der Waals surface area contributed by atoms with Gasteiger partial charge in [-0.2, -0.15) is 0 Å². The molecule has 0 aliphatic heterocycles. The number of aromatic nitrogens is 6. The normalized spacial score (nSPS) is 10.8. The van der Waals surface area contributed by atoms with Gasteiger partial charge in [0, 0.05) is 23.7 Å². The first-order chi connectivity index (χ1) is 13.6. The molecule has 0 aliphatic carbocycles. The molecule has 0 amide bonds. The fourth-order valence-corrected chi connectivity index (χ4v) is 3.62. The van der Waals surface area contributed by atoms with Gasteiger partial charge in [0.05, 0.1) is 5.56 Å². The van der Waals surface area contributed by atoms with Crippen molar-refractivity contribution in [3.63, 3.8) is 0 Å². The van der Waals surface area contributed by atoms with Crippen LogP contribution in [0.15, 0.2) is 35.5 Å². The van der Waals surface area contributed by atoms with Gasteiger partial charge in [-0.1, -0.05) is 36.9 Å². The Kier molecular flexibility index (Phi) is 6.70. The summed E-state index contributed by atoms with van der Waals surface area (Å²) in [6, 6.07) is 9.32. The van der Waals surface area contributed by atoms with Crippen LogP contribution in [0.2, 0.25) is 0 Å². The van der Waals surface area contributed by atoms with Crippen LogP contribution >= 0.6 is 11.8 Å². The van der Waals surface area contributed by atoms with Crippen molar-refractivity contribution < 1.29 is 9.53 Å². The topological polar surface area (TPSA) is 95.7 Å². The van der Waals surface area contributed by atoms with E-state index in [0.717, 1.165) is 23.4 Å². The van der Waals surface area contributed by atoms with Crippen LogP contribution in [-0.2, 0) is 23.6 Å². The molecule has 0 unspecified atom stereocenters. The summed E-state index contributed by atoms with van der Waals surface area (Å²) in [5.74, 6) is 0.705. The third kappa shape index (κ3) is 5.13. The second kappa shape index (κ2) is 9.41. The summed E-state index contributed by atoms with van der Waals surface area (Å²) in [6.45, 7) is 6.63. The average Bonchev–Trinajstić information content (AvgIpc) is 3.11. The number of nitrogens with zero attached hydrogens (tertiary/aromatic N) is 6. The van der Waals surface area contributed by atoms with Gasteiger partial charge in [0.2, 0.25) is 0 Å². The summed E-state index contributed by atoms with van der Waals surface area (Å²) in [5, 5.41) is 12.2. The zero-order valence-electron chi connectivity index (χ0n) is 16.1. The minimum atomic E-state index is -0.399. The van der Waals surface area contributed by atoms with E-state index in [1.807, 2.05) is 45.0 Å². The number of aryl methyl sites for hydroxylation is 3. The van der Waals surface area contributed by atoms with Gasteiger partial charge < -0.3 is 4.74 Å². The molecule has 0 atom stereocenters. The Morgan fingerprint density at radius 1 is 1.18 bits per heavy atom. The second-order valence-electron chi connectivity index (χ2n) is 6.27. The molecule has 8 nitrogen and oxygen atoms in total. The van der Waals surface area contributed by atoms with Crippen molar-refractivity contribution in [2.75, 3.05) is 0 Å². The van der Waals surface area contributed by atoms with Crippen molar-refractivity contribution in [1.82, 2.24) is 30.2 Å². The van der Waals surface area contributed by atoms with Crippen LogP contribution in [0.4, 0.5) is 0 Å². The summed E-state index contributed by atoms with van der Waals surface area (Å²) in [4.78, 5) is 21.5. The number of carbonyl (C=O) groups excluding carboxylic acids is 1. The number of thioether (sulfide) groups is 1. The minimum absolute atomic E-state index is 0.0352. The molecule has 0 saturated carbocycles. The van der Waals surface area contributed by atoms with Crippen LogP contribution in [0.1, 0.15) is 46.5 Å². The highest BCUT2D eigenvalue weighted by atomic mass is 32.2. The van der Waals surface area contributed by atoms with Crippen LogP contribution in [-0.4, -0.2) is 36.1 Å². The van der Waals surface area contributed by atoms with E-state index in [1.54, 1.807) is 10.7 Å². The number of esters is 1. The predicted octanol–water partition coefficient (Wildman–Crippen LogP) is 3.14. The van der Waals surface area contributed by atoms with E-state index in [9.17, 15) is 4.79 Å². The van der Waals surface area contributed by atoms with E-state index < -0.39 is 5.97 Å². The maximum absolute atomic E-state index is 12.6. The zero-order valence-corrected chi connectivity index (χ0v) is 16.9. The van der Waals surface area contributed by atoms with Gasteiger partial charge in [-0.25, -0.2) is 19.4 Å². The fourth-order valence-electron chi connectivity index (χ4n) is 2.67. The van der Waals surface area contributed by atoms with Gasteiger partial charge in [0.1, 0.15) is 0 Å². The number of benzene rings is 1. The van der Waals surface area contributed by atoms with Gasteiger partial charge in [-0.05, 0) is 48.4 Å². The fraction of sp³-hybridized carbons (Fsp3) is 0.368. The number of carbonyl (C=O) groups is 1. The molecule has 0 saturated heterocycles. The molecule has 0 radical (unpaired) electrons. The van der Waals surface area contributed by atoms with Crippen molar-refractivity contribution in [2.24, 2.45) is 0 Å². The quantitative estimate of drug-likeness (QED) is 0.324. The van der Waals surface area contributed by atoms with E-state index in [0.29, 0.717) is 28.8 Å². The maximum Gasteiger partial charge on any atom is 0.338 e. The Balaban J connectivity index is 1.67. The van der Waals surface area contributed by atoms with Gasteiger partial charge >= 0.3 is 5.97 Å². The Morgan fingerprint density at radius 3 is 2.68 bits per heavy atom. The highest BCUT2D eigenvalue weighted by Gasteiger charge is 2.15. The smallest absolute Gasteiger partial charge is 0.338 e. The van der Waals surface area contributed by atoms with Crippen LogP contribution in [0, 0.1) is 13.8 Å². The van der Waals surface area contributed by atoms with Crippen molar-refractivity contribution in [3.8, 4) is 0 Å². The number of hydrogen-bond acceptors (Lipinski definition) is 8. The molecular weight excluding hydrogens is 376 g/mol. The lowest BCUT2D eigenvalue weighted by molar-refractivity contribution is 0.0455. The first-order valence-corrected chi connectivity index (χ1v) is 10.0. The summed E-state index contributed by atoms with van der Waals surface area (Å²) < 4.78 is 7.09. The zero-order chi connectivity index (χ0) is 19.9. The second-order valence-corrected chi connectivity index (χ2v) is 7.22. The summed E-state index contributed by atoms with van der Waals surface area (Å²) in [5.41, 5.74) is 3.24. The van der Waals surface area contributed by atoms with Crippen molar-refractivity contribution in [2.45, 2.75) is 51.3 Å². The Labute approximate surface area is 167 Å². The molecule has 0 spiro atoms.